The van der Waals surface area contributed by atoms with Crippen LogP contribution in [0.4, 0.5) is 0 Å². The third kappa shape index (κ3) is 9.09. The predicted octanol–water partition coefficient (Wildman–Crippen LogP) is 1.12. The van der Waals surface area contributed by atoms with Gasteiger partial charge >= 0.3 is 10.4 Å². The maximum absolute atomic E-state index is 9.33. The van der Waals surface area contributed by atoms with E-state index in [1.54, 1.807) is 0 Å². The SMILES string of the molecule is COS(=O)(=O)O.c1ccccc1. The number of hydrogen-bond acceptors (Lipinski definition) is 3. The summed E-state index contributed by atoms with van der Waals surface area (Å²) in [6.07, 6.45) is 0. The van der Waals surface area contributed by atoms with E-state index in [0.717, 1.165) is 7.11 Å². The van der Waals surface area contributed by atoms with E-state index in [1.807, 2.05) is 36.4 Å². The van der Waals surface area contributed by atoms with Gasteiger partial charge in [0.05, 0.1) is 7.11 Å². The molecule has 0 aliphatic heterocycles. The number of benzene rings is 1. The average molecular weight is 190 g/mol. The molecule has 0 saturated heterocycles. The summed E-state index contributed by atoms with van der Waals surface area (Å²) >= 11 is 0. The van der Waals surface area contributed by atoms with Crippen LogP contribution >= 0.6 is 0 Å². The summed E-state index contributed by atoms with van der Waals surface area (Å²) in [6, 6.07) is 12.0. The molecule has 12 heavy (non-hydrogen) atoms. The van der Waals surface area contributed by atoms with Gasteiger partial charge in [0.1, 0.15) is 0 Å². The van der Waals surface area contributed by atoms with Gasteiger partial charge in [0.2, 0.25) is 0 Å². The first kappa shape index (κ1) is 11.1. The first-order valence-corrected chi connectivity index (χ1v) is 4.46. The summed E-state index contributed by atoms with van der Waals surface area (Å²) < 4.78 is 29.7. The van der Waals surface area contributed by atoms with Crippen molar-refractivity contribution >= 4 is 10.4 Å². The van der Waals surface area contributed by atoms with E-state index in [-0.39, 0.29) is 0 Å². The molecule has 4 nitrogen and oxygen atoms in total. The van der Waals surface area contributed by atoms with Crippen molar-refractivity contribution < 1.29 is 17.2 Å². The molecule has 68 valence electrons. The molecule has 1 N–H and O–H groups in total. The van der Waals surface area contributed by atoms with Crippen molar-refractivity contribution in [2.45, 2.75) is 0 Å². The smallest absolute Gasteiger partial charge is 0.264 e. The van der Waals surface area contributed by atoms with Crippen LogP contribution in [0.25, 0.3) is 0 Å². The van der Waals surface area contributed by atoms with Gasteiger partial charge < -0.3 is 0 Å². The van der Waals surface area contributed by atoms with Gasteiger partial charge in [-0.2, -0.15) is 8.42 Å². The Morgan fingerprint density at radius 1 is 1.00 bits per heavy atom. The molecule has 0 heterocycles. The lowest BCUT2D eigenvalue weighted by atomic mass is 10.4. The van der Waals surface area contributed by atoms with E-state index in [0.29, 0.717) is 0 Å². The van der Waals surface area contributed by atoms with Gasteiger partial charge in [0.25, 0.3) is 0 Å². The van der Waals surface area contributed by atoms with Crippen LogP contribution in [0.3, 0.4) is 0 Å². The highest BCUT2D eigenvalue weighted by molar-refractivity contribution is 7.80. The van der Waals surface area contributed by atoms with Crippen LogP contribution in [0.5, 0.6) is 0 Å². The van der Waals surface area contributed by atoms with Gasteiger partial charge in [-0.05, 0) is 0 Å². The molecular formula is C7H10O4S. The van der Waals surface area contributed by atoms with Crippen LogP contribution in [-0.2, 0) is 14.6 Å². The highest BCUT2D eigenvalue weighted by atomic mass is 32.3. The molecule has 0 aromatic heterocycles. The molecule has 1 rings (SSSR count). The van der Waals surface area contributed by atoms with Gasteiger partial charge in [0, 0.05) is 0 Å². The summed E-state index contributed by atoms with van der Waals surface area (Å²) in [5.41, 5.74) is 0. The van der Waals surface area contributed by atoms with Gasteiger partial charge in [-0.15, -0.1) is 0 Å². The molecular weight excluding hydrogens is 180 g/mol. The summed E-state index contributed by atoms with van der Waals surface area (Å²) in [6.45, 7) is 0. The van der Waals surface area contributed by atoms with Crippen molar-refractivity contribution in [1.29, 1.82) is 0 Å². The average Bonchev–Trinajstić information content (AvgIpc) is 2.07. The Hall–Kier alpha value is -0.910. The molecule has 1 aromatic rings. The summed E-state index contributed by atoms with van der Waals surface area (Å²) in [5.74, 6) is 0. The van der Waals surface area contributed by atoms with Gasteiger partial charge in [-0.25, -0.2) is 0 Å². The second-order valence-electron chi connectivity index (χ2n) is 1.75. The second-order valence-corrected chi connectivity index (χ2v) is 2.94. The van der Waals surface area contributed by atoms with Crippen molar-refractivity contribution in [3.8, 4) is 0 Å². The third-order valence-corrected chi connectivity index (χ3v) is 1.30. The molecule has 0 unspecified atom stereocenters. The van der Waals surface area contributed by atoms with Crippen LogP contribution in [0, 0.1) is 0 Å². The van der Waals surface area contributed by atoms with Crippen LogP contribution in [0.15, 0.2) is 36.4 Å². The van der Waals surface area contributed by atoms with E-state index < -0.39 is 10.4 Å². The lowest BCUT2D eigenvalue weighted by Crippen LogP contribution is -1.96. The fraction of sp³-hybridized carbons (Fsp3) is 0.143. The zero-order valence-electron chi connectivity index (χ0n) is 6.54. The van der Waals surface area contributed by atoms with Crippen molar-refractivity contribution in [1.82, 2.24) is 0 Å². The van der Waals surface area contributed by atoms with E-state index >= 15 is 0 Å². The molecule has 0 spiro atoms. The van der Waals surface area contributed by atoms with E-state index in [4.69, 9.17) is 4.55 Å². The van der Waals surface area contributed by atoms with E-state index in [1.165, 1.54) is 0 Å². The highest BCUT2D eigenvalue weighted by Crippen LogP contribution is 1.79. The summed E-state index contributed by atoms with van der Waals surface area (Å²) in [7, 11) is -3.29. The third-order valence-electron chi connectivity index (χ3n) is 0.877. The van der Waals surface area contributed by atoms with E-state index in [9.17, 15) is 8.42 Å². The van der Waals surface area contributed by atoms with Crippen LogP contribution in [-0.4, -0.2) is 20.1 Å². The Labute approximate surface area is 71.8 Å². The Morgan fingerprint density at radius 3 is 1.25 bits per heavy atom. The van der Waals surface area contributed by atoms with Crippen LogP contribution < -0.4 is 0 Å². The molecule has 0 saturated carbocycles. The molecule has 0 bridgehead atoms. The number of rotatable bonds is 1. The molecule has 5 heteroatoms. The molecule has 0 aliphatic carbocycles. The summed E-state index contributed by atoms with van der Waals surface area (Å²) in [4.78, 5) is 0. The van der Waals surface area contributed by atoms with Gasteiger partial charge in [-0.1, -0.05) is 36.4 Å². The van der Waals surface area contributed by atoms with E-state index in [2.05, 4.69) is 4.18 Å². The predicted molar refractivity (Wildman–Crippen MR) is 45.0 cm³/mol. The normalized spacial score (nSPS) is 9.83. The minimum Gasteiger partial charge on any atom is -0.264 e. The fourth-order valence-electron chi connectivity index (χ4n) is 0.385. The largest absolute Gasteiger partial charge is 0.397 e. The Kier molecular flexibility index (Phi) is 5.27. The van der Waals surface area contributed by atoms with Gasteiger partial charge in [0.15, 0.2) is 0 Å². The molecule has 0 amide bonds. The lowest BCUT2D eigenvalue weighted by Gasteiger charge is -1.82. The van der Waals surface area contributed by atoms with Crippen molar-refractivity contribution in [2.75, 3.05) is 7.11 Å². The zero-order valence-corrected chi connectivity index (χ0v) is 7.36. The standard InChI is InChI=1S/C6H6.CH4O4S/c1-2-4-6-5-3-1;1-5-6(2,3)4/h1-6H;1H3,(H,2,3,4). The Morgan fingerprint density at radius 2 is 1.17 bits per heavy atom. The first-order chi connectivity index (χ1) is 5.56. The minimum absolute atomic E-state index is 0.870. The molecule has 0 atom stereocenters. The van der Waals surface area contributed by atoms with Crippen molar-refractivity contribution in [3.63, 3.8) is 0 Å². The monoisotopic (exact) mass is 190 g/mol. The topological polar surface area (TPSA) is 63.6 Å². The molecule has 1 aromatic carbocycles. The first-order valence-electron chi connectivity index (χ1n) is 3.09. The molecule has 0 radical (unpaired) electrons. The quantitative estimate of drug-likeness (QED) is 0.674. The van der Waals surface area contributed by atoms with Crippen LogP contribution in [0.1, 0.15) is 0 Å². The highest BCUT2D eigenvalue weighted by Gasteiger charge is 1.93. The lowest BCUT2D eigenvalue weighted by molar-refractivity contribution is 0.324. The second kappa shape index (κ2) is 5.70. The zero-order chi connectivity index (χ0) is 9.45. The van der Waals surface area contributed by atoms with Crippen molar-refractivity contribution in [2.24, 2.45) is 0 Å². The maximum Gasteiger partial charge on any atom is 0.397 e. The summed E-state index contributed by atoms with van der Waals surface area (Å²) in [5, 5.41) is 0. The maximum atomic E-state index is 9.33. The Balaban J connectivity index is 0.000000202. The van der Waals surface area contributed by atoms with Crippen LogP contribution in [0.2, 0.25) is 0 Å². The van der Waals surface area contributed by atoms with Gasteiger partial charge in [-0.3, -0.25) is 8.74 Å². The number of hydrogen-bond donors (Lipinski definition) is 1. The Bertz CT molecular complexity index is 253. The minimum atomic E-state index is -4.16. The molecule has 0 aliphatic rings. The molecule has 0 fully saturated rings. The fourth-order valence-corrected chi connectivity index (χ4v) is 0.385. The van der Waals surface area contributed by atoms with Crippen molar-refractivity contribution in [3.05, 3.63) is 36.4 Å².